The Morgan fingerprint density at radius 1 is 1.27 bits per heavy atom. The summed E-state index contributed by atoms with van der Waals surface area (Å²) in [5, 5.41) is 0.468. The van der Waals surface area contributed by atoms with Crippen molar-refractivity contribution < 1.29 is 28.2 Å². The number of halogens is 1. The fourth-order valence-electron chi connectivity index (χ4n) is 3.07. The van der Waals surface area contributed by atoms with Gasteiger partial charge in [-0.2, -0.15) is 0 Å². The van der Waals surface area contributed by atoms with Crippen molar-refractivity contribution in [2.45, 2.75) is 6.92 Å². The Balaban J connectivity index is 2.04. The molecule has 0 aliphatic carbocycles. The maximum absolute atomic E-state index is 13.8. The molecule has 4 rings (SSSR count). The van der Waals surface area contributed by atoms with Gasteiger partial charge in [-0.05, 0) is 42.8 Å². The average molecular weight is 355 g/mol. The lowest BCUT2D eigenvalue weighted by Crippen LogP contribution is -2.07. The van der Waals surface area contributed by atoms with Crippen LogP contribution in [0, 0.1) is 5.82 Å². The zero-order valence-corrected chi connectivity index (χ0v) is 13.8. The van der Waals surface area contributed by atoms with Crippen molar-refractivity contribution in [2.24, 2.45) is 0 Å². The van der Waals surface area contributed by atoms with Crippen LogP contribution in [0.4, 0.5) is 4.39 Å². The summed E-state index contributed by atoms with van der Waals surface area (Å²) in [5.74, 6) is -0.152. The number of aromatic amines is 1. The average Bonchev–Trinajstić information content (AvgIpc) is 3.23. The number of carbonyl (C=O) groups excluding carboxylic acids is 2. The normalized spacial score (nSPS) is 12.4. The number of esters is 1. The monoisotopic (exact) mass is 355 g/mol. The van der Waals surface area contributed by atoms with E-state index in [1.807, 2.05) is 0 Å². The van der Waals surface area contributed by atoms with Crippen molar-refractivity contribution in [3.05, 3.63) is 47.4 Å². The molecule has 26 heavy (non-hydrogen) atoms. The van der Waals surface area contributed by atoms with Crippen LogP contribution >= 0.6 is 0 Å². The first kappa shape index (κ1) is 16.1. The second-order valence-electron chi connectivity index (χ2n) is 5.70. The molecule has 0 saturated carbocycles. The summed E-state index contributed by atoms with van der Waals surface area (Å²) in [6, 6.07) is 7.28. The van der Waals surface area contributed by atoms with E-state index in [4.69, 9.17) is 14.2 Å². The highest BCUT2D eigenvalue weighted by Crippen LogP contribution is 2.42. The maximum atomic E-state index is 13.8. The molecule has 3 aromatic rings. The van der Waals surface area contributed by atoms with Gasteiger partial charge >= 0.3 is 5.97 Å². The molecule has 0 fully saturated rings. The summed E-state index contributed by atoms with van der Waals surface area (Å²) in [7, 11) is 0. The number of rotatable bonds is 4. The molecule has 0 unspecified atom stereocenters. The van der Waals surface area contributed by atoms with Crippen molar-refractivity contribution >= 4 is 23.2 Å². The number of hydrogen-bond donors (Lipinski definition) is 1. The van der Waals surface area contributed by atoms with Crippen LogP contribution in [-0.4, -0.2) is 30.6 Å². The van der Waals surface area contributed by atoms with E-state index >= 15 is 0 Å². The first-order valence-electron chi connectivity index (χ1n) is 8.00. The van der Waals surface area contributed by atoms with Gasteiger partial charge < -0.3 is 19.2 Å². The summed E-state index contributed by atoms with van der Waals surface area (Å²) < 4.78 is 29.6. The minimum atomic E-state index is -0.589. The highest BCUT2D eigenvalue weighted by molar-refractivity contribution is 6.10. The summed E-state index contributed by atoms with van der Waals surface area (Å²) in [4.78, 5) is 27.0. The van der Waals surface area contributed by atoms with E-state index in [-0.39, 0.29) is 19.1 Å². The molecule has 0 atom stereocenters. The lowest BCUT2D eigenvalue weighted by molar-refractivity contribution is 0.0521. The standard InChI is InChI=1S/C19H14FNO5/c1-2-24-19(23)18-17(13-6-11(20)3-4-14(13)21-18)12-7-16-15(25-9-26-16)5-10(12)8-22/h3-8,21H,2,9H2,1H3. The van der Waals surface area contributed by atoms with Gasteiger partial charge in [0.2, 0.25) is 6.79 Å². The van der Waals surface area contributed by atoms with Crippen molar-refractivity contribution in [2.75, 3.05) is 13.4 Å². The number of aromatic nitrogens is 1. The van der Waals surface area contributed by atoms with E-state index in [1.54, 1.807) is 13.0 Å². The van der Waals surface area contributed by atoms with Crippen LogP contribution in [0.25, 0.3) is 22.0 Å². The number of benzene rings is 2. The molecular formula is C19H14FNO5. The summed E-state index contributed by atoms with van der Waals surface area (Å²) in [6.45, 7) is 1.92. The Morgan fingerprint density at radius 3 is 2.77 bits per heavy atom. The Labute approximate surface area is 147 Å². The number of nitrogens with one attached hydrogen (secondary N) is 1. The van der Waals surface area contributed by atoms with E-state index in [0.717, 1.165) is 0 Å². The molecule has 0 bridgehead atoms. The first-order valence-corrected chi connectivity index (χ1v) is 8.00. The van der Waals surface area contributed by atoms with Gasteiger partial charge in [0.15, 0.2) is 17.8 Å². The van der Waals surface area contributed by atoms with Crippen molar-refractivity contribution in [1.82, 2.24) is 4.98 Å². The molecule has 0 amide bonds. The second kappa shape index (κ2) is 6.18. The van der Waals surface area contributed by atoms with Crippen LogP contribution < -0.4 is 9.47 Å². The minimum absolute atomic E-state index is 0.0460. The highest BCUT2D eigenvalue weighted by Gasteiger charge is 2.25. The highest BCUT2D eigenvalue weighted by atomic mass is 19.1. The molecule has 1 N–H and O–H groups in total. The van der Waals surface area contributed by atoms with Gasteiger partial charge in [-0.25, -0.2) is 9.18 Å². The molecule has 2 aromatic carbocycles. The number of H-pyrrole nitrogens is 1. The second-order valence-corrected chi connectivity index (χ2v) is 5.70. The molecule has 1 aromatic heterocycles. The van der Waals surface area contributed by atoms with Gasteiger partial charge in [0.1, 0.15) is 11.5 Å². The summed E-state index contributed by atoms with van der Waals surface area (Å²) in [5.41, 5.74) is 1.82. The molecule has 1 aliphatic heterocycles. The first-order chi connectivity index (χ1) is 12.6. The smallest absolute Gasteiger partial charge is 0.355 e. The van der Waals surface area contributed by atoms with E-state index in [9.17, 15) is 14.0 Å². The Kier molecular flexibility index (Phi) is 3.84. The Morgan fingerprint density at radius 2 is 2.04 bits per heavy atom. The lowest BCUT2D eigenvalue weighted by Gasteiger charge is -2.09. The van der Waals surface area contributed by atoms with Crippen LogP contribution in [-0.2, 0) is 4.74 Å². The molecule has 1 aliphatic rings. The lowest BCUT2D eigenvalue weighted by atomic mass is 9.96. The fourth-order valence-corrected chi connectivity index (χ4v) is 3.07. The number of fused-ring (bicyclic) bond motifs is 2. The number of aldehydes is 1. The van der Waals surface area contributed by atoms with Crippen LogP contribution in [0.2, 0.25) is 0 Å². The van der Waals surface area contributed by atoms with E-state index < -0.39 is 11.8 Å². The van der Waals surface area contributed by atoms with Gasteiger partial charge in [0, 0.05) is 22.0 Å². The van der Waals surface area contributed by atoms with Crippen molar-refractivity contribution in [3.8, 4) is 22.6 Å². The molecule has 2 heterocycles. The van der Waals surface area contributed by atoms with Gasteiger partial charge in [-0.1, -0.05) is 0 Å². The zero-order valence-electron chi connectivity index (χ0n) is 13.8. The number of ether oxygens (including phenoxy) is 3. The van der Waals surface area contributed by atoms with Crippen molar-refractivity contribution in [1.29, 1.82) is 0 Å². The van der Waals surface area contributed by atoms with Crippen LogP contribution in [0.15, 0.2) is 30.3 Å². The molecule has 132 valence electrons. The third kappa shape index (κ3) is 2.48. The molecule has 6 nitrogen and oxygen atoms in total. The predicted octanol–water partition coefficient (Wildman–Crippen LogP) is 3.69. The molecular weight excluding hydrogens is 341 g/mol. The number of carbonyl (C=O) groups is 2. The molecule has 0 saturated heterocycles. The largest absolute Gasteiger partial charge is 0.461 e. The zero-order chi connectivity index (χ0) is 18.3. The van der Waals surface area contributed by atoms with Gasteiger partial charge in [-0.15, -0.1) is 0 Å². The third-order valence-corrected chi connectivity index (χ3v) is 4.18. The Hall–Kier alpha value is -3.35. The predicted molar refractivity (Wildman–Crippen MR) is 91.2 cm³/mol. The van der Waals surface area contributed by atoms with E-state index in [1.165, 1.54) is 24.3 Å². The van der Waals surface area contributed by atoms with Gasteiger partial charge in [0.05, 0.1) is 6.61 Å². The van der Waals surface area contributed by atoms with Crippen LogP contribution in [0.1, 0.15) is 27.8 Å². The quantitative estimate of drug-likeness (QED) is 0.570. The Bertz CT molecular complexity index is 1040. The fraction of sp³-hybridized carbons (Fsp3) is 0.158. The summed E-state index contributed by atoms with van der Waals surface area (Å²) >= 11 is 0. The topological polar surface area (TPSA) is 77.6 Å². The summed E-state index contributed by atoms with van der Waals surface area (Å²) in [6.07, 6.45) is 0.657. The molecule has 0 spiro atoms. The molecule has 0 radical (unpaired) electrons. The van der Waals surface area contributed by atoms with Crippen LogP contribution in [0.5, 0.6) is 11.5 Å². The van der Waals surface area contributed by atoms with E-state index in [2.05, 4.69) is 4.98 Å². The SMILES string of the molecule is CCOC(=O)c1[nH]c2ccc(F)cc2c1-c1cc2c(cc1C=O)OCO2. The van der Waals surface area contributed by atoms with Gasteiger partial charge in [-0.3, -0.25) is 4.79 Å². The number of hydrogen-bond acceptors (Lipinski definition) is 5. The van der Waals surface area contributed by atoms with E-state index in [0.29, 0.717) is 45.4 Å². The van der Waals surface area contributed by atoms with Crippen LogP contribution in [0.3, 0.4) is 0 Å². The van der Waals surface area contributed by atoms with Crippen molar-refractivity contribution in [3.63, 3.8) is 0 Å². The minimum Gasteiger partial charge on any atom is -0.461 e. The molecule has 7 heteroatoms. The maximum Gasteiger partial charge on any atom is 0.355 e. The van der Waals surface area contributed by atoms with Gasteiger partial charge in [0.25, 0.3) is 0 Å². The third-order valence-electron chi connectivity index (χ3n) is 4.18.